The number of hydrogen-bond donors (Lipinski definition) is 1. The third kappa shape index (κ3) is 4.63. The summed E-state index contributed by atoms with van der Waals surface area (Å²) in [6.45, 7) is 4.44. The van der Waals surface area contributed by atoms with Crippen molar-refractivity contribution in [1.29, 1.82) is 0 Å². The molecule has 1 saturated heterocycles. The van der Waals surface area contributed by atoms with Crippen LogP contribution >= 0.6 is 0 Å². The second kappa shape index (κ2) is 6.39. The van der Waals surface area contributed by atoms with Crippen LogP contribution in [0.15, 0.2) is 0 Å². The fraction of sp³-hybridized carbons (Fsp3) is 1.00. The van der Waals surface area contributed by atoms with Crippen LogP contribution in [-0.4, -0.2) is 26.3 Å². The van der Waals surface area contributed by atoms with Crippen molar-refractivity contribution >= 4 is 0 Å². The highest BCUT2D eigenvalue weighted by Crippen LogP contribution is 2.22. The van der Waals surface area contributed by atoms with E-state index in [1.165, 1.54) is 32.1 Å². The molecule has 0 aromatic heterocycles. The summed E-state index contributed by atoms with van der Waals surface area (Å²) < 4.78 is 4.92. The molecule has 0 amide bonds. The number of ether oxygens (including phenoxy) is 1. The molecule has 2 aliphatic rings. The normalized spacial score (nSPS) is 24.5. The Balaban J connectivity index is 0.000000132. The molecule has 1 heterocycles. The average molecular weight is 185 g/mol. The Morgan fingerprint density at radius 2 is 1.69 bits per heavy atom. The van der Waals surface area contributed by atoms with Crippen molar-refractivity contribution in [3.63, 3.8) is 0 Å². The second-order valence-corrected chi connectivity index (χ2v) is 4.26. The lowest BCUT2D eigenvalue weighted by Crippen LogP contribution is -2.47. The molecule has 2 fully saturated rings. The number of rotatable bonds is 1. The molecular formula is C11H23NO. The van der Waals surface area contributed by atoms with Gasteiger partial charge in [0.2, 0.25) is 0 Å². The van der Waals surface area contributed by atoms with Crippen LogP contribution in [-0.2, 0) is 4.74 Å². The van der Waals surface area contributed by atoms with Gasteiger partial charge in [-0.15, -0.1) is 0 Å². The molecule has 0 bridgehead atoms. The van der Waals surface area contributed by atoms with Gasteiger partial charge in [0, 0.05) is 20.2 Å². The van der Waals surface area contributed by atoms with E-state index >= 15 is 0 Å². The van der Waals surface area contributed by atoms with Crippen LogP contribution in [0.5, 0.6) is 0 Å². The number of nitrogens with one attached hydrogen (secondary N) is 1. The molecule has 1 aliphatic carbocycles. The summed E-state index contributed by atoms with van der Waals surface area (Å²) >= 11 is 0. The summed E-state index contributed by atoms with van der Waals surface area (Å²) in [4.78, 5) is 0. The molecule has 2 rings (SSSR count). The highest BCUT2D eigenvalue weighted by atomic mass is 16.5. The van der Waals surface area contributed by atoms with Gasteiger partial charge in [-0.2, -0.15) is 0 Å². The van der Waals surface area contributed by atoms with Crippen molar-refractivity contribution in [1.82, 2.24) is 5.32 Å². The van der Waals surface area contributed by atoms with E-state index < -0.39 is 0 Å². The fourth-order valence-corrected chi connectivity index (χ4v) is 1.74. The predicted molar refractivity (Wildman–Crippen MR) is 55.9 cm³/mol. The monoisotopic (exact) mass is 185 g/mol. The highest BCUT2D eigenvalue weighted by Gasteiger charge is 2.13. The number of hydrogen-bond acceptors (Lipinski definition) is 2. The summed E-state index contributed by atoms with van der Waals surface area (Å²) in [6, 6.07) is 0. The molecule has 0 radical (unpaired) electrons. The van der Waals surface area contributed by atoms with Gasteiger partial charge in [0.15, 0.2) is 0 Å². The largest absolute Gasteiger partial charge is 0.379 e. The van der Waals surface area contributed by atoms with E-state index in [4.69, 9.17) is 4.74 Å². The quantitative estimate of drug-likeness (QED) is 0.676. The second-order valence-electron chi connectivity index (χ2n) is 4.26. The van der Waals surface area contributed by atoms with Gasteiger partial charge < -0.3 is 10.1 Å². The third-order valence-electron chi connectivity index (χ3n) is 2.97. The Bertz CT molecular complexity index is 115. The van der Waals surface area contributed by atoms with Gasteiger partial charge >= 0.3 is 0 Å². The zero-order valence-electron chi connectivity index (χ0n) is 9.01. The first-order valence-corrected chi connectivity index (χ1v) is 5.56. The molecule has 0 unspecified atom stereocenters. The van der Waals surface area contributed by atoms with Gasteiger partial charge in [-0.3, -0.25) is 0 Å². The zero-order valence-corrected chi connectivity index (χ0v) is 9.01. The van der Waals surface area contributed by atoms with E-state index in [2.05, 4.69) is 12.2 Å². The van der Waals surface area contributed by atoms with Crippen molar-refractivity contribution in [3.05, 3.63) is 0 Å². The molecule has 0 aromatic rings. The van der Waals surface area contributed by atoms with Gasteiger partial charge in [0.25, 0.3) is 0 Å². The number of methoxy groups -OCH3 is 1. The predicted octanol–water partition coefficient (Wildman–Crippen LogP) is 2.19. The Morgan fingerprint density at radius 3 is 1.85 bits per heavy atom. The van der Waals surface area contributed by atoms with Crippen molar-refractivity contribution < 1.29 is 4.74 Å². The van der Waals surface area contributed by atoms with Crippen molar-refractivity contribution in [2.24, 2.45) is 5.92 Å². The first-order valence-electron chi connectivity index (χ1n) is 5.56. The molecule has 1 N–H and O–H groups in total. The van der Waals surface area contributed by atoms with Gasteiger partial charge in [-0.05, 0) is 5.92 Å². The lowest BCUT2D eigenvalue weighted by Gasteiger charge is -2.24. The summed E-state index contributed by atoms with van der Waals surface area (Å²) in [7, 11) is 1.74. The molecule has 0 aromatic carbocycles. The molecule has 1 aliphatic heterocycles. The molecular weight excluding hydrogens is 162 g/mol. The maximum absolute atomic E-state index is 4.92. The zero-order chi connectivity index (χ0) is 9.52. The molecule has 2 nitrogen and oxygen atoms in total. The lowest BCUT2D eigenvalue weighted by atomic mass is 9.91. The van der Waals surface area contributed by atoms with Gasteiger partial charge in [0.05, 0.1) is 6.10 Å². The fourth-order valence-electron chi connectivity index (χ4n) is 1.74. The smallest absolute Gasteiger partial charge is 0.0819 e. The van der Waals surface area contributed by atoms with Crippen molar-refractivity contribution in [2.75, 3.05) is 20.2 Å². The van der Waals surface area contributed by atoms with Crippen molar-refractivity contribution in [2.45, 2.75) is 45.1 Å². The van der Waals surface area contributed by atoms with E-state index in [1.807, 2.05) is 0 Å². The topological polar surface area (TPSA) is 21.3 Å². The van der Waals surface area contributed by atoms with E-state index in [0.29, 0.717) is 6.10 Å². The molecule has 13 heavy (non-hydrogen) atoms. The van der Waals surface area contributed by atoms with Gasteiger partial charge in [0.1, 0.15) is 0 Å². The molecule has 0 atom stereocenters. The SMILES string of the molecule is CC1CCCCC1.COC1CNC1. The highest BCUT2D eigenvalue weighted by molar-refractivity contribution is 4.73. The minimum atomic E-state index is 0.505. The maximum atomic E-state index is 4.92. The average Bonchev–Trinajstić information content (AvgIpc) is 2.04. The van der Waals surface area contributed by atoms with Crippen molar-refractivity contribution in [3.8, 4) is 0 Å². The first kappa shape index (κ1) is 11.0. The summed E-state index contributed by atoms with van der Waals surface area (Å²) in [5.41, 5.74) is 0. The Labute approximate surface area is 82.0 Å². The van der Waals surface area contributed by atoms with Crippen LogP contribution < -0.4 is 5.32 Å². The van der Waals surface area contributed by atoms with Gasteiger partial charge in [-0.25, -0.2) is 0 Å². The first-order chi connectivity index (χ1) is 6.33. The molecule has 0 spiro atoms. The Morgan fingerprint density at radius 1 is 1.08 bits per heavy atom. The summed E-state index contributed by atoms with van der Waals surface area (Å²) in [6.07, 6.45) is 7.94. The summed E-state index contributed by atoms with van der Waals surface area (Å²) in [5.74, 6) is 1.04. The minimum Gasteiger partial charge on any atom is -0.379 e. The Kier molecular flexibility index (Phi) is 5.40. The van der Waals surface area contributed by atoms with E-state index in [9.17, 15) is 0 Å². The third-order valence-corrected chi connectivity index (χ3v) is 2.97. The molecule has 78 valence electrons. The van der Waals surface area contributed by atoms with Gasteiger partial charge in [-0.1, -0.05) is 39.0 Å². The van der Waals surface area contributed by atoms with E-state index in [0.717, 1.165) is 19.0 Å². The standard InChI is InChI=1S/C7H14.C4H9NO/c1-7-5-3-2-4-6-7;1-6-4-2-5-3-4/h7H,2-6H2,1H3;4-5H,2-3H2,1H3. The van der Waals surface area contributed by atoms with E-state index in [-0.39, 0.29) is 0 Å². The van der Waals surface area contributed by atoms with Crippen LogP contribution in [0, 0.1) is 5.92 Å². The van der Waals surface area contributed by atoms with E-state index in [1.54, 1.807) is 7.11 Å². The lowest BCUT2D eigenvalue weighted by molar-refractivity contribution is 0.0600. The minimum absolute atomic E-state index is 0.505. The Hall–Kier alpha value is -0.0800. The molecule has 2 heteroatoms. The van der Waals surface area contributed by atoms with Crippen LogP contribution in [0.3, 0.4) is 0 Å². The van der Waals surface area contributed by atoms with Crippen LogP contribution in [0.25, 0.3) is 0 Å². The maximum Gasteiger partial charge on any atom is 0.0819 e. The van der Waals surface area contributed by atoms with Crippen LogP contribution in [0.1, 0.15) is 39.0 Å². The summed E-state index contributed by atoms with van der Waals surface area (Å²) in [5, 5.41) is 3.09. The van der Waals surface area contributed by atoms with Crippen LogP contribution in [0.2, 0.25) is 0 Å². The van der Waals surface area contributed by atoms with Crippen LogP contribution in [0.4, 0.5) is 0 Å². The molecule has 1 saturated carbocycles.